The lowest BCUT2D eigenvalue weighted by Crippen LogP contribution is -2.36. The Kier molecular flexibility index (Phi) is 3.50. The minimum Gasteiger partial charge on any atom is -0.356 e. The molecule has 1 atom stereocenters. The molecule has 1 fully saturated rings. The third kappa shape index (κ3) is 3.25. The molecule has 0 amide bonds. The molecule has 2 aromatic rings. The number of para-hydroxylation sites is 1. The number of benzene rings is 1. The molecule has 2 heterocycles. The van der Waals surface area contributed by atoms with Gasteiger partial charge in [-0.2, -0.15) is 0 Å². The van der Waals surface area contributed by atoms with Gasteiger partial charge in [-0.15, -0.1) is 0 Å². The van der Waals surface area contributed by atoms with Gasteiger partial charge in [-0.3, -0.25) is 0 Å². The number of sulfonamides is 1. The van der Waals surface area contributed by atoms with E-state index in [4.69, 9.17) is 4.52 Å². The summed E-state index contributed by atoms with van der Waals surface area (Å²) >= 11 is 0. The molecule has 1 aliphatic rings. The van der Waals surface area contributed by atoms with Crippen LogP contribution in [-0.4, -0.2) is 39.5 Å². The second kappa shape index (κ2) is 5.08. The van der Waals surface area contributed by atoms with Crippen LogP contribution in [0.4, 0.5) is 0 Å². The highest BCUT2D eigenvalue weighted by atomic mass is 32.2. The molecular formula is C12H14N2O5S2. The lowest BCUT2D eigenvalue weighted by Gasteiger charge is -2.10. The van der Waals surface area contributed by atoms with Crippen LogP contribution in [0.25, 0.3) is 11.0 Å². The Morgan fingerprint density at radius 1 is 1.33 bits per heavy atom. The normalized spacial score (nSPS) is 21.8. The van der Waals surface area contributed by atoms with E-state index in [9.17, 15) is 16.8 Å². The maximum Gasteiger partial charge on any atom is 0.217 e. The van der Waals surface area contributed by atoms with Crippen molar-refractivity contribution in [1.29, 1.82) is 0 Å². The molecule has 0 bridgehead atoms. The van der Waals surface area contributed by atoms with Crippen molar-refractivity contribution in [2.75, 3.05) is 11.5 Å². The van der Waals surface area contributed by atoms with Crippen molar-refractivity contribution in [3.05, 3.63) is 30.0 Å². The van der Waals surface area contributed by atoms with E-state index in [1.807, 2.05) is 0 Å². The molecule has 0 saturated carbocycles. The molecule has 1 aliphatic heterocycles. The average Bonchev–Trinajstić information content (AvgIpc) is 2.93. The zero-order valence-corrected chi connectivity index (χ0v) is 12.7. The molecule has 7 nitrogen and oxygen atoms in total. The summed E-state index contributed by atoms with van der Waals surface area (Å²) in [6.45, 7) is 0. The van der Waals surface area contributed by atoms with Gasteiger partial charge in [-0.1, -0.05) is 17.3 Å². The van der Waals surface area contributed by atoms with Gasteiger partial charge in [0.2, 0.25) is 10.0 Å². The summed E-state index contributed by atoms with van der Waals surface area (Å²) in [5, 5.41) is 4.41. The first-order valence-electron chi connectivity index (χ1n) is 6.38. The molecule has 3 rings (SSSR count). The zero-order valence-electron chi connectivity index (χ0n) is 11.0. The minimum atomic E-state index is -3.67. The van der Waals surface area contributed by atoms with E-state index in [2.05, 4.69) is 9.88 Å². The lowest BCUT2D eigenvalue weighted by molar-refractivity contribution is 0.448. The topological polar surface area (TPSA) is 106 Å². The highest BCUT2D eigenvalue weighted by Gasteiger charge is 2.31. The van der Waals surface area contributed by atoms with Crippen molar-refractivity contribution < 1.29 is 21.4 Å². The standard InChI is InChI=1S/C12H14N2O5S2/c15-20(16)6-5-9(7-20)14-21(17,18)8-11-10-3-1-2-4-12(10)19-13-11/h1-4,9,14H,5-8H2. The van der Waals surface area contributed by atoms with Gasteiger partial charge in [-0.25, -0.2) is 21.6 Å². The maximum absolute atomic E-state index is 12.1. The second-order valence-electron chi connectivity index (χ2n) is 5.10. The SMILES string of the molecule is O=S1(=O)CCC(NS(=O)(=O)Cc2noc3ccccc23)C1. The molecule has 1 aromatic carbocycles. The molecule has 1 unspecified atom stereocenters. The highest BCUT2D eigenvalue weighted by molar-refractivity contribution is 7.92. The first kappa shape index (κ1) is 14.5. The van der Waals surface area contributed by atoms with E-state index in [0.29, 0.717) is 23.1 Å². The summed E-state index contributed by atoms with van der Waals surface area (Å²) in [6.07, 6.45) is 0.307. The van der Waals surface area contributed by atoms with E-state index in [-0.39, 0.29) is 17.3 Å². The Morgan fingerprint density at radius 3 is 2.81 bits per heavy atom. The zero-order chi connectivity index (χ0) is 15.1. The van der Waals surface area contributed by atoms with E-state index >= 15 is 0 Å². The summed E-state index contributed by atoms with van der Waals surface area (Å²) in [6, 6.07) is 6.42. The van der Waals surface area contributed by atoms with Crippen molar-refractivity contribution in [3.8, 4) is 0 Å². The van der Waals surface area contributed by atoms with Gasteiger partial charge in [-0.05, 0) is 18.6 Å². The van der Waals surface area contributed by atoms with E-state index in [1.54, 1.807) is 24.3 Å². The number of nitrogens with one attached hydrogen (secondary N) is 1. The van der Waals surface area contributed by atoms with Crippen molar-refractivity contribution in [2.45, 2.75) is 18.2 Å². The van der Waals surface area contributed by atoms with E-state index < -0.39 is 25.9 Å². The largest absolute Gasteiger partial charge is 0.356 e. The molecule has 1 N–H and O–H groups in total. The summed E-state index contributed by atoms with van der Waals surface area (Å²) in [4.78, 5) is 0. The van der Waals surface area contributed by atoms with Crippen LogP contribution >= 0.6 is 0 Å². The molecule has 114 valence electrons. The van der Waals surface area contributed by atoms with Crippen molar-refractivity contribution in [3.63, 3.8) is 0 Å². The number of nitrogens with zero attached hydrogens (tertiary/aromatic N) is 1. The van der Waals surface area contributed by atoms with E-state index in [1.165, 1.54) is 0 Å². The van der Waals surface area contributed by atoms with Gasteiger partial charge in [0, 0.05) is 11.4 Å². The number of rotatable bonds is 4. The molecular weight excluding hydrogens is 316 g/mol. The monoisotopic (exact) mass is 330 g/mol. The van der Waals surface area contributed by atoms with Crippen LogP contribution in [-0.2, 0) is 25.6 Å². The molecule has 1 saturated heterocycles. The Bertz CT molecular complexity index is 870. The average molecular weight is 330 g/mol. The van der Waals surface area contributed by atoms with Crippen LogP contribution in [0.2, 0.25) is 0 Å². The fourth-order valence-corrected chi connectivity index (χ4v) is 5.55. The summed E-state index contributed by atoms with van der Waals surface area (Å²) < 4.78 is 54.4. The highest BCUT2D eigenvalue weighted by Crippen LogP contribution is 2.20. The first-order valence-corrected chi connectivity index (χ1v) is 9.86. The van der Waals surface area contributed by atoms with Gasteiger partial charge >= 0.3 is 0 Å². The predicted molar refractivity (Wildman–Crippen MR) is 76.8 cm³/mol. The maximum atomic E-state index is 12.1. The fraction of sp³-hybridized carbons (Fsp3) is 0.417. The Balaban J connectivity index is 1.77. The second-order valence-corrected chi connectivity index (χ2v) is 9.08. The van der Waals surface area contributed by atoms with Gasteiger partial charge in [0.1, 0.15) is 11.4 Å². The smallest absolute Gasteiger partial charge is 0.217 e. The fourth-order valence-electron chi connectivity index (χ4n) is 2.41. The number of fused-ring (bicyclic) bond motifs is 1. The van der Waals surface area contributed by atoms with Gasteiger partial charge < -0.3 is 4.52 Å². The number of hydrogen-bond donors (Lipinski definition) is 1. The van der Waals surface area contributed by atoms with Crippen LogP contribution in [0.15, 0.2) is 28.8 Å². The number of hydrogen-bond acceptors (Lipinski definition) is 6. The summed E-state index contributed by atoms with van der Waals surface area (Å²) in [7, 11) is -6.79. The molecule has 0 radical (unpaired) electrons. The lowest BCUT2D eigenvalue weighted by atomic mass is 10.2. The summed E-state index contributed by atoms with van der Waals surface area (Å²) in [5.41, 5.74) is 0.838. The van der Waals surface area contributed by atoms with Gasteiger partial charge in [0.15, 0.2) is 15.4 Å². The summed E-state index contributed by atoms with van der Waals surface area (Å²) in [5.74, 6) is -0.459. The van der Waals surface area contributed by atoms with Gasteiger partial charge in [0.25, 0.3) is 0 Å². The van der Waals surface area contributed by atoms with E-state index in [0.717, 1.165) is 0 Å². The first-order chi connectivity index (χ1) is 9.85. The van der Waals surface area contributed by atoms with Crippen molar-refractivity contribution in [1.82, 2.24) is 9.88 Å². The molecule has 0 aliphatic carbocycles. The third-order valence-corrected chi connectivity index (χ3v) is 6.47. The van der Waals surface area contributed by atoms with Crippen molar-refractivity contribution >= 4 is 30.8 Å². The van der Waals surface area contributed by atoms with Crippen LogP contribution in [0.5, 0.6) is 0 Å². The number of sulfone groups is 1. The van der Waals surface area contributed by atoms with Crippen LogP contribution in [0, 0.1) is 0 Å². The van der Waals surface area contributed by atoms with Crippen LogP contribution in [0.1, 0.15) is 12.1 Å². The van der Waals surface area contributed by atoms with Crippen molar-refractivity contribution in [2.24, 2.45) is 0 Å². The Morgan fingerprint density at radius 2 is 2.10 bits per heavy atom. The minimum absolute atomic E-state index is 0.0209. The van der Waals surface area contributed by atoms with Gasteiger partial charge in [0.05, 0.1) is 11.5 Å². The van der Waals surface area contributed by atoms with Crippen LogP contribution in [0.3, 0.4) is 0 Å². The third-order valence-electron chi connectivity index (χ3n) is 3.36. The quantitative estimate of drug-likeness (QED) is 0.871. The van der Waals surface area contributed by atoms with Crippen LogP contribution < -0.4 is 4.72 Å². The Hall–Kier alpha value is -1.45. The number of aromatic nitrogens is 1. The molecule has 21 heavy (non-hydrogen) atoms. The Labute approximate surface area is 122 Å². The molecule has 0 spiro atoms. The molecule has 1 aromatic heterocycles. The molecule has 9 heteroatoms. The predicted octanol–water partition coefficient (Wildman–Crippen LogP) is 0.434.